The Kier molecular flexibility index (Phi) is 4.76. The summed E-state index contributed by atoms with van der Waals surface area (Å²) >= 11 is 23.7. The van der Waals surface area contributed by atoms with Gasteiger partial charge in [0.25, 0.3) is 0 Å². The summed E-state index contributed by atoms with van der Waals surface area (Å²) in [7, 11) is 0. The molecule has 0 bridgehead atoms. The van der Waals surface area contributed by atoms with Gasteiger partial charge in [0.05, 0.1) is 25.8 Å². The van der Waals surface area contributed by atoms with Crippen LogP contribution < -0.4 is 10.5 Å². The van der Waals surface area contributed by atoms with Crippen molar-refractivity contribution in [2.24, 2.45) is 5.73 Å². The van der Waals surface area contributed by atoms with E-state index >= 15 is 0 Å². The van der Waals surface area contributed by atoms with E-state index in [9.17, 15) is 0 Å². The van der Waals surface area contributed by atoms with Crippen molar-refractivity contribution in [3.63, 3.8) is 0 Å². The van der Waals surface area contributed by atoms with Crippen LogP contribution in [0.4, 0.5) is 0 Å². The third-order valence-corrected chi connectivity index (χ3v) is 3.64. The number of benzene rings is 1. The number of aromatic nitrogens is 1. The fourth-order valence-corrected chi connectivity index (χ4v) is 2.12. The lowest BCUT2D eigenvalue weighted by Crippen LogP contribution is -2.01. The Hall–Kier alpha value is -0.710. The van der Waals surface area contributed by atoms with E-state index in [1.54, 1.807) is 12.1 Å². The molecular formula is C12H8Cl4N2O. The van der Waals surface area contributed by atoms with Gasteiger partial charge in [-0.3, -0.25) is 0 Å². The van der Waals surface area contributed by atoms with Crippen molar-refractivity contribution in [1.82, 2.24) is 4.98 Å². The highest BCUT2D eigenvalue weighted by molar-refractivity contribution is 6.43. The first-order valence-electron chi connectivity index (χ1n) is 5.19. The van der Waals surface area contributed by atoms with E-state index in [0.29, 0.717) is 37.4 Å². The molecule has 0 unspecified atom stereocenters. The maximum absolute atomic E-state index is 6.01. The van der Waals surface area contributed by atoms with Gasteiger partial charge in [-0.1, -0.05) is 46.4 Å². The Bertz CT molecular complexity index is 619. The van der Waals surface area contributed by atoms with E-state index in [1.165, 1.54) is 12.1 Å². The standard InChI is InChI=1S/C12H8Cl4N2O/c13-6-1-2-12(18-10(6)5-17)19-11-4-8(15)7(14)3-9(11)16/h1-4H,5,17H2. The van der Waals surface area contributed by atoms with Gasteiger partial charge in [0.2, 0.25) is 5.88 Å². The maximum Gasteiger partial charge on any atom is 0.219 e. The maximum atomic E-state index is 6.01. The average Bonchev–Trinajstić information content (AvgIpc) is 2.38. The first kappa shape index (κ1) is 14.7. The van der Waals surface area contributed by atoms with E-state index in [4.69, 9.17) is 56.9 Å². The Labute approximate surface area is 130 Å². The average molecular weight is 338 g/mol. The van der Waals surface area contributed by atoms with Crippen LogP contribution in [0.25, 0.3) is 0 Å². The summed E-state index contributed by atoms with van der Waals surface area (Å²) in [6.45, 7) is 0.213. The predicted octanol–water partition coefficient (Wildman–Crippen LogP) is 4.95. The number of nitrogens with zero attached hydrogens (tertiary/aromatic N) is 1. The van der Waals surface area contributed by atoms with Crippen LogP contribution in [-0.4, -0.2) is 4.98 Å². The summed E-state index contributed by atoms with van der Waals surface area (Å²) in [6, 6.07) is 6.28. The zero-order valence-electron chi connectivity index (χ0n) is 9.46. The lowest BCUT2D eigenvalue weighted by atomic mass is 10.3. The number of hydrogen-bond donors (Lipinski definition) is 1. The molecule has 3 nitrogen and oxygen atoms in total. The first-order valence-corrected chi connectivity index (χ1v) is 6.70. The molecule has 100 valence electrons. The third kappa shape index (κ3) is 3.44. The van der Waals surface area contributed by atoms with Crippen LogP contribution in [0.15, 0.2) is 24.3 Å². The minimum absolute atomic E-state index is 0.213. The SMILES string of the molecule is NCc1nc(Oc2cc(Cl)c(Cl)cc2Cl)ccc1Cl. The van der Waals surface area contributed by atoms with Crippen molar-refractivity contribution < 1.29 is 4.74 Å². The number of hydrogen-bond acceptors (Lipinski definition) is 3. The van der Waals surface area contributed by atoms with E-state index in [-0.39, 0.29) is 6.54 Å². The molecule has 0 radical (unpaired) electrons. The normalized spacial score (nSPS) is 10.6. The van der Waals surface area contributed by atoms with Crippen LogP contribution in [0, 0.1) is 0 Å². The van der Waals surface area contributed by atoms with Crippen LogP contribution >= 0.6 is 46.4 Å². The summed E-state index contributed by atoms with van der Waals surface area (Å²) in [5.41, 5.74) is 6.06. The molecule has 2 N–H and O–H groups in total. The van der Waals surface area contributed by atoms with Crippen molar-refractivity contribution >= 4 is 46.4 Å². The van der Waals surface area contributed by atoms with Crippen molar-refractivity contribution in [2.45, 2.75) is 6.54 Å². The van der Waals surface area contributed by atoms with Gasteiger partial charge < -0.3 is 10.5 Å². The minimum atomic E-state index is 0.213. The second-order valence-electron chi connectivity index (χ2n) is 3.58. The van der Waals surface area contributed by atoms with Gasteiger partial charge in [-0.15, -0.1) is 0 Å². The fourth-order valence-electron chi connectivity index (χ4n) is 1.36. The second kappa shape index (κ2) is 6.16. The zero-order valence-corrected chi connectivity index (χ0v) is 12.5. The molecule has 0 atom stereocenters. The predicted molar refractivity (Wildman–Crippen MR) is 78.7 cm³/mol. The van der Waals surface area contributed by atoms with Crippen LogP contribution in [0.2, 0.25) is 20.1 Å². The second-order valence-corrected chi connectivity index (χ2v) is 5.21. The van der Waals surface area contributed by atoms with E-state index < -0.39 is 0 Å². The van der Waals surface area contributed by atoms with Gasteiger partial charge in [0.1, 0.15) is 5.75 Å². The Morgan fingerprint density at radius 3 is 2.32 bits per heavy atom. The van der Waals surface area contributed by atoms with Crippen molar-refractivity contribution in [3.8, 4) is 11.6 Å². The van der Waals surface area contributed by atoms with Crippen molar-refractivity contribution in [2.75, 3.05) is 0 Å². The first-order chi connectivity index (χ1) is 9.01. The Morgan fingerprint density at radius 1 is 0.947 bits per heavy atom. The van der Waals surface area contributed by atoms with Gasteiger partial charge in [0, 0.05) is 18.7 Å². The zero-order chi connectivity index (χ0) is 14.0. The molecule has 2 rings (SSSR count). The van der Waals surface area contributed by atoms with Crippen LogP contribution in [0.1, 0.15) is 5.69 Å². The molecule has 1 heterocycles. The van der Waals surface area contributed by atoms with E-state index in [0.717, 1.165) is 0 Å². The number of halogens is 4. The van der Waals surface area contributed by atoms with Crippen molar-refractivity contribution in [1.29, 1.82) is 0 Å². The lowest BCUT2D eigenvalue weighted by molar-refractivity contribution is 0.461. The highest BCUT2D eigenvalue weighted by Crippen LogP contribution is 2.36. The summed E-state index contributed by atoms with van der Waals surface area (Å²) in [6.07, 6.45) is 0. The van der Waals surface area contributed by atoms with Gasteiger partial charge in [-0.25, -0.2) is 4.98 Å². The monoisotopic (exact) mass is 336 g/mol. The molecule has 19 heavy (non-hydrogen) atoms. The van der Waals surface area contributed by atoms with Gasteiger partial charge in [-0.2, -0.15) is 0 Å². The van der Waals surface area contributed by atoms with Crippen LogP contribution in [0.3, 0.4) is 0 Å². The molecule has 0 saturated heterocycles. The summed E-state index contributed by atoms with van der Waals surface area (Å²) in [5, 5.41) is 1.51. The van der Waals surface area contributed by atoms with Crippen LogP contribution in [0.5, 0.6) is 11.6 Å². The summed E-state index contributed by atoms with van der Waals surface area (Å²) < 4.78 is 5.54. The molecular weight excluding hydrogens is 330 g/mol. The Morgan fingerprint density at radius 2 is 1.63 bits per heavy atom. The number of nitrogens with two attached hydrogens (primary N) is 1. The molecule has 7 heteroatoms. The molecule has 0 aliphatic rings. The largest absolute Gasteiger partial charge is 0.437 e. The molecule has 2 aromatic rings. The molecule has 0 aliphatic heterocycles. The van der Waals surface area contributed by atoms with Gasteiger partial charge >= 0.3 is 0 Å². The number of rotatable bonds is 3. The number of ether oxygens (including phenoxy) is 1. The summed E-state index contributed by atoms with van der Waals surface area (Å²) in [4.78, 5) is 4.17. The van der Waals surface area contributed by atoms with Gasteiger partial charge in [0.15, 0.2) is 0 Å². The summed E-state index contributed by atoms with van der Waals surface area (Å²) in [5.74, 6) is 0.680. The fraction of sp³-hybridized carbons (Fsp3) is 0.0833. The molecule has 1 aromatic carbocycles. The molecule has 0 amide bonds. The molecule has 1 aromatic heterocycles. The van der Waals surface area contributed by atoms with Crippen molar-refractivity contribution in [3.05, 3.63) is 50.0 Å². The molecule has 0 fully saturated rings. The van der Waals surface area contributed by atoms with Gasteiger partial charge in [-0.05, 0) is 12.1 Å². The van der Waals surface area contributed by atoms with E-state index in [2.05, 4.69) is 4.98 Å². The lowest BCUT2D eigenvalue weighted by Gasteiger charge is -2.09. The molecule has 0 aliphatic carbocycles. The number of pyridine rings is 1. The topological polar surface area (TPSA) is 48.1 Å². The smallest absolute Gasteiger partial charge is 0.219 e. The minimum Gasteiger partial charge on any atom is -0.437 e. The van der Waals surface area contributed by atoms with E-state index in [1.807, 2.05) is 0 Å². The Balaban J connectivity index is 2.33. The third-order valence-electron chi connectivity index (χ3n) is 2.28. The van der Waals surface area contributed by atoms with Crippen LogP contribution in [-0.2, 0) is 6.54 Å². The highest BCUT2D eigenvalue weighted by Gasteiger charge is 2.10. The quantitative estimate of drug-likeness (QED) is 0.806. The molecule has 0 spiro atoms. The molecule has 0 saturated carbocycles. The highest BCUT2D eigenvalue weighted by atomic mass is 35.5.